The quantitative estimate of drug-likeness (QED) is 0.899. The van der Waals surface area contributed by atoms with Crippen LogP contribution in [-0.2, 0) is 6.54 Å². The Morgan fingerprint density at radius 3 is 2.38 bits per heavy atom. The van der Waals surface area contributed by atoms with Gasteiger partial charge in [0.25, 0.3) is 0 Å². The first kappa shape index (κ1) is 15.4. The SMILES string of the molecule is CNC(C)c1cccc(F)c1N(C)Cc1ccccc1F. The standard InChI is InChI=1S/C17H20F2N2/c1-12(20-2)14-8-6-10-16(19)17(14)21(3)11-13-7-4-5-9-15(13)18/h4-10,12,20H,11H2,1-3H3. The molecule has 4 heteroatoms. The molecule has 0 bridgehead atoms. The van der Waals surface area contributed by atoms with Crippen molar-refractivity contribution in [3.05, 3.63) is 65.2 Å². The lowest BCUT2D eigenvalue weighted by Crippen LogP contribution is -2.23. The zero-order valence-electron chi connectivity index (χ0n) is 12.5. The van der Waals surface area contributed by atoms with Gasteiger partial charge in [-0.1, -0.05) is 30.3 Å². The van der Waals surface area contributed by atoms with Gasteiger partial charge in [-0.3, -0.25) is 0 Å². The highest BCUT2D eigenvalue weighted by Gasteiger charge is 2.17. The lowest BCUT2D eigenvalue weighted by atomic mass is 10.0. The van der Waals surface area contributed by atoms with Crippen molar-refractivity contribution in [2.45, 2.75) is 19.5 Å². The Morgan fingerprint density at radius 1 is 1.05 bits per heavy atom. The van der Waals surface area contributed by atoms with Crippen LogP contribution in [0.3, 0.4) is 0 Å². The van der Waals surface area contributed by atoms with E-state index in [1.165, 1.54) is 12.1 Å². The number of hydrogen-bond donors (Lipinski definition) is 1. The van der Waals surface area contributed by atoms with E-state index in [9.17, 15) is 8.78 Å². The average molecular weight is 290 g/mol. The summed E-state index contributed by atoms with van der Waals surface area (Å²) in [7, 11) is 3.60. The molecular weight excluding hydrogens is 270 g/mol. The minimum atomic E-state index is -0.298. The van der Waals surface area contributed by atoms with E-state index < -0.39 is 0 Å². The molecule has 0 fully saturated rings. The van der Waals surface area contributed by atoms with E-state index >= 15 is 0 Å². The van der Waals surface area contributed by atoms with Crippen LogP contribution >= 0.6 is 0 Å². The van der Waals surface area contributed by atoms with Gasteiger partial charge in [0.15, 0.2) is 0 Å². The highest BCUT2D eigenvalue weighted by atomic mass is 19.1. The number of rotatable bonds is 5. The van der Waals surface area contributed by atoms with E-state index in [0.717, 1.165) is 5.56 Å². The normalized spacial score (nSPS) is 12.2. The van der Waals surface area contributed by atoms with Crippen LogP contribution in [0.1, 0.15) is 24.1 Å². The maximum Gasteiger partial charge on any atom is 0.146 e. The fraction of sp³-hybridized carbons (Fsp3) is 0.294. The van der Waals surface area contributed by atoms with Crippen LogP contribution < -0.4 is 10.2 Å². The first-order valence-corrected chi connectivity index (χ1v) is 6.94. The second kappa shape index (κ2) is 6.68. The molecule has 112 valence electrons. The van der Waals surface area contributed by atoms with E-state index in [4.69, 9.17) is 0 Å². The zero-order valence-corrected chi connectivity index (χ0v) is 12.5. The third-order valence-electron chi connectivity index (χ3n) is 3.66. The van der Waals surface area contributed by atoms with Crippen LogP contribution in [0.5, 0.6) is 0 Å². The van der Waals surface area contributed by atoms with E-state index in [1.807, 2.05) is 20.0 Å². The predicted octanol–water partition coefficient (Wildman–Crippen LogP) is 3.88. The van der Waals surface area contributed by atoms with Gasteiger partial charge in [0.1, 0.15) is 11.6 Å². The highest BCUT2D eigenvalue weighted by molar-refractivity contribution is 5.56. The first-order valence-electron chi connectivity index (χ1n) is 6.94. The van der Waals surface area contributed by atoms with Crippen molar-refractivity contribution in [2.24, 2.45) is 0 Å². The van der Waals surface area contributed by atoms with Crippen molar-refractivity contribution in [1.82, 2.24) is 5.32 Å². The Labute approximate surface area is 124 Å². The fourth-order valence-corrected chi connectivity index (χ4v) is 2.40. The average Bonchev–Trinajstić information content (AvgIpc) is 2.48. The van der Waals surface area contributed by atoms with Gasteiger partial charge in [0, 0.05) is 25.2 Å². The molecule has 0 radical (unpaired) electrons. The number of benzene rings is 2. The largest absolute Gasteiger partial charge is 0.368 e. The Hall–Kier alpha value is -1.94. The molecule has 2 aromatic carbocycles. The van der Waals surface area contributed by atoms with Gasteiger partial charge >= 0.3 is 0 Å². The van der Waals surface area contributed by atoms with Crippen molar-refractivity contribution in [1.29, 1.82) is 0 Å². The van der Waals surface area contributed by atoms with Crippen molar-refractivity contribution < 1.29 is 8.78 Å². The molecule has 2 nitrogen and oxygen atoms in total. The van der Waals surface area contributed by atoms with Crippen molar-refractivity contribution in [3.8, 4) is 0 Å². The topological polar surface area (TPSA) is 15.3 Å². The summed E-state index contributed by atoms with van der Waals surface area (Å²) in [6.45, 7) is 2.28. The maximum atomic E-state index is 14.2. The summed E-state index contributed by atoms with van der Waals surface area (Å²) in [5.41, 5.74) is 1.91. The van der Waals surface area contributed by atoms with Gasteiger partial charge in [0.2, 0.25) is 0 Å². The van der Waals surface area contributed by atoms with Crippen LogP contribution in [0.25, 0.3) is 0 Å². The molecule has 21 heavy (non-hydrogen) atoms. The van der Waals surface area contributed by atoms with Crippen LogP contribution in [0.4, 0.5) is 14.5 Å². The lowest BCUT2D eigenvalue weighted by Gasteiger charge is -2.25. The van der Waals surface area contributed by atoms with Crippen LogP contribution in [0.2, 0.25) is 0 Å². The first-order chi connectivity index (χ1) is 10.0. The van der Waals surface area contributed by atoms with E-state index in [1.54, 1.807) is 36.2 Å². The van der Waals surface area contributed by atoms with Gasteiger partial charge in [-0.05, 0) is 31.7 Å². The summed E-state index contributed by atoms with van der Waals surface area (Å²) in [4.78, 5) is 1.75. The Morgan fingerprint density at radius 2 is 1.71 bits per heavy atom. The van der Waals surface area contributed by atoms with E-state index in [-0.39, 0.29) is 17.7 Å². The third-order valence-corrected chi connectivity index (χ3v) is 3.66. The number of nitrogens with zero attached hydrogens (tertiary/aromatic N) is 1. The molecule has 0 saturated heterocycles. The zero-order chi connectivity index (χ0) is 15.4. The van der Waals surface area contributed by atoms with E-state index in [2.05, 4.69) is 5.32 Å². The number of anilines is 1. The fourth-order valence-electron chi connectivity index (χ4n) is 2.40. The summed E-state index contributed by atoms with van der Waals surface area (Å²) < 4.78 is 28.0. The summed E-state index contributed by atoms with van der Waals surface area (Å²) in [6.07, 6.45) is 0. The number of para-hydroxylation sites is 1. The van der Waals surface area contributed by atoms with Crippen LogP contribution in [0.15, 0.2) is 42.5 Å². The molecule has 0 spiro atoms. The summed E-state index contributed by atoms with van der Waals surface area (Å²) in [5.74, 6) is -0.572. The molecule has 0 saturated carbocycles. The maximum absolute atomic E-state index is 14.2. The molecule has 0 aliphatic rings. The molecule has 0 aliphatic carbocycles. The molecule has 0 amide bonds. The molecule has 2 aromatic rings. The van der Waals surface area contributed by atoms with Gasteiger partial charge in [-0.15, -0.1) is 0 Å². The monoisotopic (exact) mass is 290 g/mol. The Balaban J connectivity index is 2.35. The molecule has 1 atom stereocenters. The Bertz CT molecular complexity index is 613. The molecule has 1 N–H and O–H groups in total. The second-order valence-electron chi connectivity index (χ2n) is 5.14. The molecule has 0 aliphatic heterocycles. The van der Waals surface area contributed by atoms with Gasteiger partial charge in [0.05, 0.1) is 5.69 Å². The molecule has 0 aromatic heterocycles. The Kier molecular flexibility index (Phi) is 4.91. The summed E-state index contributed by atoms with van der Waals surface area (Å²) in [6, 6.07) is 11.6. The molecule has 0 heterocycles. The predicted molar refractivity (Wildman–Crippen MR) is 82.4 cm³/mol. The van der Waals surface area contributed by atoms with Gasteiger partial charge in [-0.2, -0.15) is 0 Å². The summed E-state index contributed by atoms with van der Waals surface area (Å²) >= 11 is 0. The number of nitrogens with one attached hydrogen (secondary N) is 1. The summed E-state index contributed by atoms with van der Waals surface area (Å²) in [5, 5.41) is 3.11. The van der Waals surface area contributed by atoms with Crippen molar-refractivity contribution >= 4 is 5.69 Å². The van der Waals surface area contributed by atoms with Crippen molar-refractivity contribution in [3.63, 3.8) is 0 Å². The highest BCUT2D eigenvalue weighted by Crippen LogP contribution is 2.29. The third kappa shape index (κ3) is 3.39. The van der Waals surface area contributed by atoms with Gasteiger partial charge < -0.3 is 10.2 Å². The molecule has 2 rings (SSSR count). The molecular formula is C17H20F2N2. The van der Waals surface area contributed by atoms with Gasteiger partial charge in [-0.25, -0.2) is 8.78 Å². The number of hydrogen-bond acceptors (Lipinski definition) is 2. The van der Waals surface area contributed by atoms with Crippen molar-refractivity contribution in [2.75, 3.05) is 19.0 Å². The van der Waals surface area contributed by atoms with E-state index in [0.29, 0.717) is 17.8 Å². The second-order valence-corrected chi connectivity index (χ2v) is 5.14. The smallest absolute Gasteiger partial charge is 0.146 e. The van der Waals surface area contributed by atoms with Crippen LogP contribution in [0, 0.1) is 11.6 Å². The lowest BCUT2D eigenvalue weighted by molar-refractivity contribution is 0.591. The van der Waals surface area contributed by atoms with Crippen LogP contribution in [-0.4, -0.2) is 14.1 Å². The minimum absolute atomic E-state index is 0.0128. The number of halogens is 2. The minimum Gasteiger partial charge on any atom is -0.368 e. The molecule has 1 unspecified atom stereocenters.